The molecule has 0 saturated carbocycles. The predicted molar refractivity (Wildman–Crippen MR) is 62.9 cm³/mol. The molecule has 1 aromatic carbocycles. The molecule has 2 aromatic rings. The summed E-state index contributed by atoms with van der Waals surface area (Å²) in [4.78, 5) is 0. The lowest BCUT2D eigenvalue weighted by atomic mass is 10.2. The zero-order chi connectivity index (χ0) is 14.2. The summed E-state index contributed by atoms with van der Waals surface area (Å²) in [5.41, 5.74) is 4.92. The van der Waals surface area contributed by atoms with E-state index < -0.39 is 11.9 Å². The molecule has 1 aromatic heterocycles. The average molecular weight is 271 g/mol. The predicted octanol–water partition coefficient (Wildman–Crippen LogP) is 2.36. The number of hydrogen-bond donors (Lipinski definition) is 2. The van der Waals surface area contributed by atoms with Gasteiger partial charge in [-0.05, 0) is 31.2 Å². The van der Waals surface area contributed by atoms with Gasteiger partial charge in [-0.2, -0.15) is 18.3 Å². The Labute approximate surface area is 107 Å². The number of aryl methyl sites for hydroxylation is 1. The number of phenolic OH excluding ortho intramolecular Hbond substituents is 1. The zero-order valence-electron chi connectivity index (χ0n) is 10.1. The molecule has 2 rings (SSSR count). The molecule has 0 fully saturated rings. The smallest absolute Gasteiger partial charge is 0.433 e. The van der Waals surface area contributed by atoms with Gasteiger partial charge in [-0.3, -0.25) is 0 Å². The van der Waals surface area contributed by atoms with E-state index in [2.05, 4.69) is 5.10 Å². The number of aromatic hydroxyl groups is 1. The van der Waals surface area contributed by atoms with Crippen LogP contribution in [-0.4, -0.2) is 14.9 Å². The summed E-state index contributed by atoms with van der Waals surface area (Å²) >= 11 is 0. The fourth-order valence-corrected chi connectivity index (χ4v) is 1.88. The van der Waals surface area contributed by atoms with Gasteiger partial charge in [0.25, 0.3) is 0 Å². The van der Waals surface area contributed by atoms with Crippen molar-refractivity contribution in [3.8, 4) is 11.4 Å². The molecule has 0 aliphatic carbocycles. The molecular weight excluding hydrogens is 259 g/mol. The molecule has 0 aliphatic heterocycles. The third-order valence-corrected chi connectivity index (χ3v) is 2.75. The minimum atomic E-state index is -4.55. The van der Waals surface area contributed by atoms with Crippen LogP contribution >= 0.6 is 0 Å². The highest BCUT2D eigenvalue weighted by Gasteiger charge is 2.39. The van der Waals surface area contributed by atoms with Crippen LogP contribution in [0.3, 0.4) is 0 Å². The fraction of sp³-hybridized carbons (Fsp3) is 0.250. The first-order valence-electron chi connectivity index (χ1n) is 5.49. The van der Waals surface area contributed by atoms with Crippen molar-refractivity contribution in [3.05, 3.63) is 41.2 Å². The summed E-state index contributed by atoms with van der Waals surface area (Å²) < 4.78 is 40.1. The summed E-state index contributed by atoms with van der Waals surface area (Å²) in [5, 5.41) is 13.0. The van der Waals surface area contributed by atoms with Crippen molar-refractivity contribution < 1.29 is 18.3 Å². The second-order valence-corrected chi connectivity index (χ2v) is 4.04. The van der Waals surface area contributed by atoms with Gasteiger partial charge in [0.1, 0.15) is 5.75 Å². The molecule has 4 nitrogen and oxygen atoms in total. The number of rotatable bonds is 2. The van der Waals surface area contributed by atoms with Gasteiger partial charge in [-0.15, -0.1) is 0 Å². The lowest BCUT2D eigenvalue weighted by molar-refractivity contribution is -0.143. The van der Waals surface area contributed by atoms with Crippen LogP contribution in [0, 0.1) is 6.92 Å². The molecule has 0 amide bonds. The number of hydrogen-bond acceptors (Lipinski definition) is 3. The Balaban J connectivity index is 2.67. The van der Waals surface area contributed by atoms with Crippen molar-refractivity contribution in [1.82, 2.24) is 9.78 Å². The molecule has 7 heteroatoms. The van der Waals surface area contributed by atoms with Crippen LogP contribution in [0.25, 0.3) is 5.69 Å². The van der Waals surface area contributed by atoms with E-state index in [-0.39, 0.29) is 29.2 Å². The molecule has 0 unspecified atom stereocenters. The minimum Gasteiger partial charge on any atom is -0.508 e. The zero-order valence-corrected chi connectivity index (χ0v) is 10.1. The number of benzene rings is 1. The molecule has 0 spiro atoms. The number of aromatic nitrogens is 2. The van der Waals surface area contributed by atoms with Crippen LogP contribution in [0.4, 0.5) is 13.2 Å². The van der Waals surface area contributed by atoms with Crippen molar-refractivity contribution in [1.29, 1.82) is 0 Å². The third kappa shape index (κ3) is 2.41. The Morgan fingerprint density at radius 3 is 2.32 bits per heavy atom. The first-order valence-corrected chi connectivity index (χ1v) is 5.49. The van der Waals surface area contributed by atoms with Gasteiger partial charge >= 0.3 is 6.18 Å². The fourth-order valence-electron chi connectivity index (χ4n) is 1.88. The van der Waals surface area contributed by atoms with Gasteiger partial charge in [0.15, 0.2) is 5.69 Å². The number of alkyl halides is 3. The lowest BCUT2D eigenvalue weighted by Gasteiger charge is -2.12. The minimum absolute atomic E-state index is 0.0272. The van der Waals surface area contributed by atoms with E-state index in [1.165, 1.54) is 31.2 Å². The van der Waals surface area contributed by atoms with E-state index in [0.717, 1.165) is 4.68 Å². The monoisotopic (exact) mass is 271 g/mol. The van der Waals surface area contributed by atoms with E-state index in [0.29, 0.717) is 0 Å². The van der Waals surface area contributed by atoms with E-state index in [9.17, 15) is 13.2 Å². The largest absolute Gasteiger partial charge is 0.508 e. The normalized spacial score (nSPS) is 11.8. The lowest BCUT2D eigenvalue weighted by Crippen LogP contribution is -2.16. The molecular formula is C12H12F3N3O. The van der Waals surface area contributed by atoms with Gasteiger partial charge in [0, 0.05) is 12.1 Å². The highest BCUT2D eigenvalue weighted by Crippen LogP contribution is 2.35. The van der Waals surface area contributed by atoms with Crippen LogP contribution in [0.2, 0.25) is 0 Å². The van der Waals surface area contributed by atoms with Crippen molar-refractivity contribution in [2.24, 2.45) is 5.73 Å². The highest BCUT2D eigenvalue weighted by molar-refractivity contribution is 5.41. The van der Waals surface area contributed by atoms with Gasteiger partial charge in [0.2, 0.25) is 0 Å². The van der Waals surface area contributed by atoms with Crippen LogP contribution in [0.5, 0.6) is 5.75 Å². The Morgan fingerprint density at radius 1 is 1.26 bits per heavy atom. The Kier molecular flexibility index (Phi) is 3.23. The summed E-state index contributed by atoms with van der Waals surface area (Å²) in [6, 6.07) is 5.32. The molecule has 0 bridgehead atoms. The van der Waals surface area contributed by atoms with Gasteiger partial charge < -0.3 is 10.8 Å². The van der Waals surface area contributed by atoms with E-state index in [1.807, 2.05) is 0 Å². The second-order valence-electron chi connectivity index (χ2n) is 4.04. The maximum absolute atomic E-state index is 13.1. The van der Waals surface area contributed by atoms with Crippen molar-refractivity contribution >= 4 is 0 Å². The molecule has 0 aliphatic rings. The third-order valence-electron chi connectivity index (χ3n) is 2.75. The molecule has 102 valence electrons. The van der Waals surface area contributed by atoms with Crippen molar-refractivity contribution in [2.75, 3.05) is 0 Å². The number of nitrogens with zero attached hydrogens (tertiary/aromatic N) is 2. The first kappa shape index (κ1) is 13.4. The van der Waals surface area contributed by atoms with Crippen LogP contribution < -0.4 is 5.73 Å². The molecule has 3 N–H and O–H groups in total. The van der Waals surface area contributed by atoms with Crippen molar-refractivity contribution in [2.45, 2.75) is 19.6 Å². The van der Waals surface area contributed by atoms with E-state index >= 15 is 0 Å². The number of halogens is 3. The Bertz CT molecular complexity index is 588. The van der Waals surface area contributed by atoms with E-state index in [1.54, 1.807) is 0 Å². The van der Waals surface area contributed by atoms with Gasteiger partial charge in [-0.1, -0.05) is 0 Å². The van der Waals surface area contributed by atoms with Crippen LogP contribution in [-0.2, 0) is 12.7 Å². The summed E-state index contributed by atoms with van der Waals surface area (Å²) in [5.74, 6) is -0.0276. The topological polar surface area (TPSA) is 64.1 Å². The van der Waals surface area contributed by atoms with Crippen LogP contribution in [0.1, 0.15) is 17.0 Å². The maximum atomic E-state index is 13.1. The molecule has 19 heavy (non-hydrogen) atoms. The second kappa shape index (κ2) is 4.58. The Hall–Kier alpha value is -2.02. The Morgan fingerprint density at radius 2 is 1.84 bits per heavy atom. The quantitative estimate of drug-likeness (QED) is 0.881. The maximum Gasteiger partial charge on any atom is 0.433 e. The molecule has 0 saturated heterocycles. The molecule has 0 radical (unpaired) electrons. The average Bonchev–Trinajstić information content (AvgIpc) is 2.66. The SMILES string of the molecule is Cc1nn(-c2ccc(O)cc2)c(C(F)(F)F)c1CN. The number of phenols is 1. The van der Waals surface area contributed by atoms with Gasteiger partial charge in [-0.25, -0.2) is 4.68 Å². The standard InChI is InChI=1S/C12H12F3N3O/c1-7-10(6-16)11(12(13,14)15)18(17-7)8-2-4-9(19)5-3-8/h2-5,19H,6,16H2,1H3. The van der Waals surface area contributed by atoms with Crippen LogP contribution in [0.15, 0.2) is 24.3 Å². The van der Waals surface area contributed by atoms with Gasteiger partial charge in [0.05, 0.1) is 11.4 Å². The summed E-state index contributed by atoms with van der Waals surface area (Å²) in [6.45, 7) is 1.24. The highest BCUT2D eigenvalue weighted by atomic mass is 19.4. The first-order chi connectivity index (χ1) is 8.84. The molecule has 0 atom stereocenters. The summed E-state index contributed by atoms with van der Waals surface area (Å²) in [7, 11) is 0. The molecule has 1 heterocycles. The van der Waals surface area contributed by atoms with E-state index in [4.69, 9.17) is 10.8 Å². The summed E-state index contributed by atoms with van der Waals surface area (Å²) in [6.07, 6.45) is -4.55. The number of nitrogens with two attached hydrogens (primary N) is 1. The van der Waals surface area contributed by atoms with Crippen molar-refractivity contribution in [3.63, 3.8) is 0 Å².